The van der Waals surface area contributed by atoms with E-state index in [1.54, 1.807) is 60.4 Å². The third-order valence-corrected chi connectivity index (χ3v) is 6.50. The van der Waals surface area contributed by atoms with Crippen molar-refractivity contribution in [3.8, 4) is 17.1 Å². The van der Waals surface area contributed by atoms with Crippen LogP contribution in [0.5, 0.6) is 5.75 Å². The van der Waals surface area contributed by atoms with Crippen LogP contribution < -0.4 is 26.4 Å². The lowest BCUT2D eigenvalue weighted by Gasteiger charge is -2.18. The van der Waals surface area contributed by atoms with Gasteiger partial charge in [-0.05, 0) is 54.7 Å². The molecule has 0 saturated carbocycles. The van der Waals surface area contributed by atoms with E-state index in [4.69, 9.17) is 24.4 Å². The predicted molar refractivity (Wildman–Crippen MR) is 157 cm³/mol. The van der Waals surface area contributed by atoms with E-state index in [1.807, 2.05) is 13.2 Å². The summed E-state index contributed by atoms with van der Waals surface area (Å²) in [6.45, 7) is 1.91. The molecule has 0 fully saturated rings. The van der Waals surface area contributed by atoms with Crippen LogP contribution in [0.4, 0.5) is 21.0 Å². The maximum atomic E-state index is 12.6. The standard InChI is InChI=1S/C28H35N5O7S/c1-4-21(16-38-26(34)23(29)10-11-41-3)40-28(36)31-14-18-6-5-7-19(12-18)32-27(35)33-20-8-9-22(24(13-20)37-2)25-15-30-17-39-25/h5-9,12-13,15,17,21,23H,4,10-11,14,16,29H2,1-3H3,(H,31,36)(H2,32,33,35)/t21?,23-/m1/s1. The first kappa shape index (κ1) is 31.3. The number of methoxy groups -OCH3 is 1. The van der Waals surface area contributed by atoms with Gasteiger partial charge in [0.05, 0.1) is 18.9 Å². The molecule has 3 aromatic rings. The number of amides is 3. The molecule has 0 radical (unpaired) electrons. The fourth-order valence-electron chi connectivity index (χ4n) is 3.62. The first-order valence-electron chi connectivity index (χ1n) is 12.9. The maximum Gasteiger partial charge on any atom is 0.407 e. The first-order chi connectivity index (χ1) is 19.8. The monoisotopic (exact) mass is 585 g/mol. The Labute approximate surface area is 242 Å². The number of carbonyl (C=O) groups is 3. The smallest absolute Gasteiger partial charge is 0.407 e. The molecule has 0 saturated heterocycles. The number of carbonyl (C=O) groups excluding carboxylic acids is 3. The normalized spacial score (nSPS) is 12.1. The van der Waals surface area contributed by atoms with Gasteiger partial charge in [0.15, 0.2) is 12.2 Å². The van der Waals surface area contributed by atoms with Crippen LogP contribution in [0.2, 0.25) is 0 Å². The van der Waals surface area contributed by atoms with Gasteiger partial charge in [-0.3, -0.25) is 4.79 Å². The molecule has 3 rings (SSSR count). The van der Waals surface area contributed by atoms with Crippen molar-refractivity contribution in [1.82, 2.24) is 10.3 Å². The molecule has 5 N–H and O–H groups in total. The van der Waals surface area contributed by atoms with Crippen molar-refractivity contribution in [2.75, 3.05) is 36.4 Å². The van der Waals surface area contributed by atoms with Crippen molar-refractivity contribution >= 4 is 41.2 Å². The summed E-state index contributed by atoms with van der Waals surface area (Å²) >= 11 is 1.60. The minimum absolute atomic E-state index is 0.0705. The molecule has 2 aromatic carbocycles. The second kappa shape index (κ2) is 16.1. The van der Waals surface area contributed by atoms with Crippen LogP contribution in [-0.4, -0.2) is 60.9 Å². The molecular formula is C28H35N5O7S. The summed E-state index contributed by atoms with van der Waals surface area (Å²) in [5, 5.41) is 8.19. The lowest BCUT2D eigenvalue weighted by Crippen LogP contribution is -2.36. The van der Waals surface area contributed by atoms with Crippen LogP contribution >= 0.6 is 11.8 Å². The van der Waals surface area contributed by atoms with E-state index in [0.29, 0.717) is 41.3 Å². The molecule has 0 aliphatic heterocycles. The van der Waals surface area contributed by atoms with Crippen molar-refractivity contribution in [2.45, 2.75) is 38.5 Å². The Balaban J connectivity index is 1.47. The van der Waals surface area contributed by atoms with Crippen molar-refractivity contribution in [2.24, 2.45) is 5.73 Å². The van der Waals surface area contributed by atoms with Crippen molar-refractivity contribution in [3.05, 3.63) is 60.6 Å². The molecule has 0 spiro atoms. The van der Waals surface area contributed by atoms with E-state index in [2.05, 4.69) is 20.9 Å². The molecule has 220 valence electrons. The van der Waals surface area contributed by atoms with Gasteiger partial charge in [-0.25, -0.2) is 14.6 Å². The third kappa shape index (κ3) is 10.0. The van der Waals surface area contributed by atoms with Crippen molar-refractivity contribution in [1.29, 1.82) is 0 Å². The van der Waals surface area contributed by atoms with Crippen molar-refractivity contribution in [3.63, 3.8) is 0 Å². The highest BCUT2D eigenvalue weighted by atomic mass is 32.2. The number of nitrogens with two attached hydrogens (primary N) is 1. The third-order valence-electron chi connectivity index (χ3n) is 5.86. The van der Waals surface area contributed by atoms with Gasteiger partial charge >= 0.3 is 18.1 Å². The number of alkyl carbamates (subject to hydrolysis) is 1. The van der Waals surface area contributed by atoms with Crippen LogP contribution in [0.25, 0.3) is 11.3 Å². The van der Waals surface area contributed by atoms with E-state index in [0.717, 1.165) is 11.3 Å². The first-order valence-corrected chi connectivity index (χ1v) is 14.3. The van der Waals surface area contributed by atoms with Gasteiger partial charge in [0.1, 0.15) is 24.5 Å². The second-order valence-electron chi connectivity index (χ2n) is 8.87. The summed E-state index contributed by atoms with van der Waals surface area (Å²) in [6.07, 6.45) is 4.55. The minimum atomic E-state index is -0.703. The fourth-order valence-corrected chi connectivity index (χ4v) is 4.11. The molecule has 0 aliphatic rings. The van der Waals surface area contributed by atoms with Crippen LogP contribution in [0.3, 0.4) is 0 Å². The summed E-state index contributed by atoms with van der Waals surface area (Å²) < 4.78 is 21.3. The Kier molecular flexibility index (Phi) is 12.3. The number of hydrogen-bond donors (Lipinski definition) is 4. The number of benzene rings is 2. The molecular weight excluding hydrogens is 550 g/mol. The average Bonchev–Trinajstić information content (AvgIpc) is 3.51. The van der Waals surface area contributed by atoms with Crippen LogP contribution in [0.1, 0.15) is 25.3 Å². The highest BCUT2D eigenvalue weighted by Gasteiger charge is 2.19. The Bertz CT molecular complexity index is 1290. The number of rotatable bonds is 14. The molecule has 41 heavy (non-hydrogen) atoms. The van der Waals surface area contributed by atoms with Gasteiger partial charge in [0.25, 0.3) is 0 Å². The highest BCUT2D eigenvalue weighted by molar-refractivity contribution is 7.98. The molecule has 12 nitrogen and oxygen atoms in total. The number of oxazole rings is 1. The number of anilines is 2. The molecule has 1 heterocycles. The van der Waals surface area contributed by atoms with E-state index >= 15 is 0 Å². The summed E-state index contributed by atoms with van der Waals surface area (Å²) in [5.41, 5.74) is 8.28. The topological polar surface area (TPSA) is 167 Å². The molecule has 3 amide bonds. The van der Waals surface area contributed by atoms with E-state index in [-0.39, 0.29) is 13.2 Å². The zero-order valence-corrected chi connectivity index (χ0v) is 24.0. The van der Waals surface area contributed by atoms with Crippen LogP contribution in [-0.2, 0) is 20.8 Å². The molecule has 1 unspecified atom stereocenters. The lowest BCUT2D eigenvalue weighted by atomic mass is 10.1. The molecule has 0 bridgehead atoms. The summed E-state index contributed by atoms with van der Waals surface area (Å²) in [7, 11) is 1.52. The summed E-state index contributed by atoms with van der Waals surface area (Å²) in [4.78, 5) is 40.8. The van der Waals surface area contributed by atoms with Gasteiger partial charge in [-0.15, -0.1) is 0 Å². The zero-order valence-electron chi connectivity index (χ0n) is 23.2. The number of thioether (sulfide) groups is 1. The molecule has 2 atom stereocenters. The van der Waals surface area contributed by atoms with Gasteiger partial charge < -0.3 is 40.3 Å². The van der Waals surface area contributed by atoms with E-state index in [9.17, 15) is 14.4 Å². The Morgan fingerprint density at radius 1 is 1.12 bits per heavy atom. The Morgan fingerprint density at radius 2 is 1.90 bits per heavy atom. The lowest BCUT2D eigenvalue weighted by molar-refractivity contribution is -0.148. The van der Waals surface area contributed by atoms with E-state index < -0.39 is 30.2 Å². The summed E-state index contributed by atoms with van der Waals surface area (Å²) in [6, 6.07) is 11.0. The largest absolute Gasteiger partial charge is 0.496 e. The van der Waals surface area contributed by atoms with Gasteiger partial charge in [-0.2, -0.15) is 11.8 Å². The van der Waals surface area contributed by atoms with Gasteiger partial charge in [0.2, 0.25) is 0 Å². The second-order valence-corrected chi connectivity index (χ2v) is 9.85. The predicted octanol–water partition coefficient (Wildman–Crippen LogP) is 4.62. The van der Waals surface area contributed by atoms with Crippen LogP contribution in [0.15, 0.2) is 59.5 Å². The van der Waals surface area contributed by atoms with Gasteiger partial charge in [0, 0.05) is 24.0 Å². The number of hydrogen-bond acceptors (Lipinski definition) is 10. The SMILES string of the molecule is CCC(COC(=O)[C@H](N)CCSC)OC(=O)NCc1cccc(NC(=O)Nc2ccc(-c3cnco3)c(OC)c2)c1. The number of ether oxygens (including phenoxy) is 3. The number of nitrogens with zero attached hydrogens (tertiary/aromatic N) is 1. The maximum absolute atomic E-state index is 12.6. The molecule has 13 heteroatoms. The minimum Gasteiger partial charge on any atom is -0.496 e. The highest BCUT2D eigenvalue weighted by Crippen LogP contribution is 2.32. The quantitative estimate of drug-likeness (QED) is 0.196. The Morgan fingerprint density at radius 3 is 2.59 bits per heavy atom. The number of esters is 1. The Hall–Kier alpha value is -4.23. The number of urea groups is 1. The average molecular weight is 586 g/mol. The number of aromatic nitrogens is 1. The number of nitrogens with one attached hydrogen (secondary N) is 3. The molecule has 0 aliphatic carbocycles. The van der Waals surface area contributed by atoms with Gasteiger partial charge in [-0.1, -0.05) is 19.1 Å². The fraction of sp³-hybridized carbons (Fsp3) is 0.357. The van der Waals surface area contributed by atoms with E-state index in [1.165, 1.54) is 13.5 Å². The zero-order chi connectivity index (χ0) is 29.6. The van der Waals surface area contributed by atoms with Crippen molar-refractivity contribution < 1.29 is 33.0 Å². The van der Waals surface area contributed by atoms with Crippen LogP contribution in [0, 0.1) is 0 Å². The summed E-state index contributed by atoms with van der Waals surface area (Å²) in [5.74, 6) is 1.29. The molecule has 1 aromatic heterocycles.